The van der Waals surface area contributed by atoms with Gasteiger partial charge in [0, 0.05) is 24.0 Å². The Labute approximate surface area is 215 Å². The van der Waals surface area contributed by atoms with Gasteiger partial charge in [-0.05, 0) is 75.1 Å². The fourth-order valence-electron chi connectivity index (χ4n) is 4.17. The summed E-state index contributed by atoms with van der Waals surface area (Å²) in [5, 5.41) is 3.58. The van der Waals surface area contributed by atoms with Crippen molar-refractivity contribution in [2.75, 3.05) is 18.4 Å². The van der Waals surface area contributed by atoms with Gasteiger partial charge in [0.25, 0.3) is 5.91 Å². The fraction of sp³-hybridized carbons (Fsp3) is 0.385. The first-order valence-corrected chi connectivity index (χ1v) is 13.7. The highest BCUT2D eigenvalue weighted by molar-refractivity contribution is 7.89. The Hall–Kier alpha value is -2.88. The summed E-state index contributed by atoms with van der Waals surface area (Å²) in [5.41, 5.74) is 3.65. The molecule has 36 heavy (non-hydrogen) atoms. The molecule has 10 heteroatoms. The van der Waals surface area contributed by atoms with Gasteiger partial charge in [0.2, 0.25) is 10.0 Å². The molecule has 0 radical (unpaired) electrons. The second-order valence-corrected chi connectivity index (χ2v) is 11.4. The van der Waals surface area contributed by atoms with Crippen LogP contribution < -0.4 is 5.32 Å². The van der Waals surface area contributed by atoms with Crippen molar-refractivity contribution < 1.29 is 27.2 Å². The SMILES string of the molecule is Cc1cc2occ(CC(=O)OC(C)C(=O)Nc3cc(S(=O)(=O)N4CCCCC4)ccc3Cl)c2cc1C. The smallest absolute Gasteiger partial charge is 0.311 e. The molecule has 1 atom stereocenters. The van der Waals surface area contributed by atoms with Crippen LogP contribution in [0.4, 0.5) is 5.69 Å². The predicted octanol–water partition coefficient (Wildman–Crippen LogP) is 4.99. The van der Waals surface area contributed by atoms with E-state index in [0.29, 0.717) is 24.2 Å². The van der Waals surface area contributed by atoms with Gasteiger partial charge in [-0.25, -0.2) is 8.42 Å². The Morgan fingerprint density at radius 3 is 2.53 bits per heavy atom. The molecule has 1 unspecified atom stereocenters. The molecule has 4 rings (SSSR count). The van der Waals surface area contributed by atoms with E-state index in [1.165, 1.54) is 35.7 Å². The van der Waals surface area contributed by atoms with Crippen LogP contribution in [0.5, 0.6) is 0 Å². The monoisotopic (exact) mass is 532 g/mol. The van der Waals surface area contributed by atoms with Crippen molar-refractivity contribution in [3.05, 3.63) is 58.3 Å². The van der Waals surface area contributed by atoms with Crippen LogP contribution in [0.3, 0.4) is 0 Å². The summed E-state index contributed by atoms with van der Waals surface area (Å²) in [5.74, 6) is -1.22. The molecule has 192 valence electrons. The van der Waals surface area contributed by atoms with Crippen molar-refractivity contribution in [3.63, 3.8) is 0 Å². The Bertz CT molecular complexity index is 1410. The molecular weight excluding hydrogens is 504 g/mol. The van der Waals surface area contributed by atoms with Crippen LogP contribution in [0.15, 0.2) is 45.9 Å². The predicted molar refractivity (Wildman–Crippen MR) is 138 cm³/mol. The number of aryl methyl sites for hydroxylation is 2. The molecule has 8 nitrogen and oxygen atoms in total. The van der Waals surface area contributed by atoms with Gasteiger partial charge in [0.15, 0.2) is 6.10 Å². The molecule has 1 aromatic heterocycles. The first-order chi connectivity index (χ1) is 17.1. The highest BCUT2D eigenvalue weighted by Gasteiger charge is 2.27. The van der Waals surface area contributed by atoms with Crippen LogP contribution in [0, 0.1) is 13.8 Å². The fourth-order valence-corrected chi connectivity index (χ4v) is 5.88. The highest BCUT2D eigenvalue weighted by Crippen LogP contribution is 2.29. The second kappa shape index (κ2) is 10.6. The van der Waals surface area contributed by atoms with Gasteiger partial charge in [0.1, 0.15) is 5.58 Å². The van der Waals surface area contributed by atoms with Crippen molar-refractivity contribution in [3.8, 4) is 0 Å². The van der Waals surface area contributed by atoms with E-state index >= 15 is 0 Å². The minimum absolute atomic E-state index is 0.0473. The number of carbonyl (C=O) groups is 2. The molecule has 2 heterocycles. The lowest BCUT2D eigenvalue weighted by molar-refractivity contribution is -0.152. The van der Waals surface area contributed by atoms with Crippen LogP contribution >= 0.6 is 11.6 Å². The number of rotatable bonds is 7. The number of hydrogen-bond donors (Lipinski definition) is 1. The van der Waals surface area contributed by atoms with Crippen molar-refractivity contribution in [2.45, 2.75) is 57.5 Å². The van der Waals surface area contributed by atoms with E-state index in [1.54, 1.807) is 0 Å². The number of benzene rings is 2. The van der Waals surface area contributed by atoms with Gasteiger partial charge in [-0.2, -0.15) is 4.31 Å². The minimum atomic E-state index is -3.70. The van der Waals surface area contributed by atoms with E-state index in [2.05, 4.69) is 5.32 Å². The number of furan rings is 1. The molecule has 1 amide bonds. The maximum absolute atomic E-state index is 13.0. The maximum Gasteiger partial charge on any atom is 0.311 e. The number of hydrogen-bond acceptors (Lipinski definition) is 6. The van der Waals surface area contributed by atoms with E-state index in [-0.39, 0.29) is 22.0 Å². The van der Waals surface area contributed by atoms with E-state index in [1.807, 2.05) is 26.0 Å². The van der Waals surface area contributed by atoms with Gasteiger partial charge in [0.05, 0.1) is 28.3 Å². The molecule has 2 aromatic carbocycles. The Morgan fingerprint density at radius 1 is 1.11 bits per heavy atom. The molecule has 0 aliphatic carbocycles. The van der Waals surface area contributed by atoms with Crippen LogP contribution in [-0.2, 0) is 30.8 Å². The number of esters is 1. The number of halogens is 1. The average molecular weight is 533 g/mol. The molecule has 1 N–H and O–H groups in total. The van der Waals surface area contributed by atoms with Gasteiger partial charge in [-0.3, -0.25) is 9.59 Å². The number of ether oxygens (including phenoxy) is 1. The molecule has 1 aliphatic rings. The van der Waals surface area contributed by atoms with E-state index in [0.717, 1.165) is 35.8 Å². The molecule has 1 aliphatic heterocycles. The van der Waals surface area contributed by atoms with Crippen LogP contribution in [0.1, 0.15) is 42.9 Å². The molecule has 0 saturated carbocycles. The summed E-state index contributed by atoms with van der Waals surface area (Å²) in [7, 11) is -3.70. The standard InChI is InChI=1S/C26H29ClN2O6S/c1-16-11-21-19(15-34-24(21)12-17(16)2)13-25(30)35-18(3)26(31)28-23-14-20(7-8-22(23)27)36(32,33)29-9-5-4-6-10-29/h7-8,11-12,14-15,18H,4-6,9-10,13H2,1-3H3,(H,28,31). The largest absolute Gasteiger partial charge is 0.464 e. The van der Waals surface area contributed by atoms with Crippen LogP contribution in [-0.4, -0.2) is 43.8 Å². The van der Waals surface area contributed by atoms with E-state index in [4.69, 9.17) is 20.8 Å². The zero-order chi connectivity index (χ0) is 26.0. The quantitative estimate of drug-likeness (QED) is 0.430. The van der Waals surface area contributed by atoms with Crippen LogP contribution in [0.25, 0.3) is 11.0 Å². The van der Waals surface area contributed by atoms with Crippen molar-refractivity contribution >= 4 is 50.2 Å². The third-order valence-corrected chi connectivity index (χ3v) is 8.65. The summed E-state index contributed by atoms with van der Waals surface area (Å²) in [4.78, 5) is 25.3. The highest BCUT2D eigenvalue weighted by atomic mass is 35.5. The van der Waals surface area contributed by atoms with Crippen LogP contribution in [0.2, 0.25) is 5.02 Å². The van der Waals surface area contributed by atoms with E-state index in [9.17, 15) is 18.0 Å². The topological polar surface area (TPSA) is 106 Å². The third-order valence-electron chi connectivity index (χ3n) is 6.43. The lowest BCUT2D eigenvalue weighted by atomic mass is 10.0. The van der Waals surface area contributed by atoms with Gasteiger partial charge in [-0.1, -0.05) is 18.0 Å². The summed E-state index contributed by atoms with van der Waals surface area (Å²) in [6, 6.07) is 8.06. The first kappa shape index (κ1) is 26.2. The molecule has 1 fully saturated rings. The first-order valence-electron chi connectivity index (χ1n) is 11.8. The Balaban J connectivity index is 1.42. The van der Waals surface area contributed by atoms with Crippen molar-refractivity contribution in [1.29, 1.82) is 0 Å². The summed E-state index contributed by atoms with van der Waals surface area (Å²) in [6.07, 6.45) is 2.96. The molecular formula is C26H29ClN2O6S. The lowest BCUT2D eigenvalue weighted by Crippen LogP contribution is -2.35. The molecule has 3 aromatic rings. The van der Waals surface area contributed by atoms with Gasteiger partial charge in [-0.15, -0.1) is 0 Å². The lowest BCUT2D eigenvalue weighted by Gasteiger charge is -2.26. The Morgan fingerprint density at radius 2 is 1.81 bits per heavy atom. The number of nitrogens with zero attached hydrogens (tertiary/aromatic N) is 1. The van der Waals surface area contributed by atoms with E-state index < -0.39 is 28.0 Å². The Kier molecular flexibility index (Phi) is 7.73. The molecule has 1 saturated heterocycles. The van der Waals surface area contributed by atoms with Crippen molar-refractivity contribution in [1.82, 2.24) is 4.31 Å². The average Bonchev–Trinajstić information content (AvgIpc) is 3.21. The minimum Gasteiger partial charge on any atom is -0.464 e. The number of amides is 1. The molecule has 0 spiro atoms. The number of nitrogens with one attached hydrogen (secondary N) is 1. The number of fused-ring (bicyclic) bond motifs is 1. The maximum atomic E-state index is 13.0. The third kappa shape index (κ3) is 5.58. The van der Waals surface area contributed by atoms with Gasteiger partial charge < -0.3 is 14.5 Å². The van der Waals surface area contributed by atoms with Crippen molar-refractivity contribution in [2.24, 2.45) is 0 Å². The zero-order valence-electron chi connectivity index (χ0n) is 20.5. The number of carbonyl (C=O) groups excluding carboxylic acids is 2. The number of piperidine rings is 1. The summed E-state index contributed by atoms with van der Waals surface area (Å²) in [6.45, 7) is 6.33. The summed E-state index contributed by atoms with van der Waals surface area (Å²) >= 11 is 6.22. The number of sulfonamides is 1. The second-order valence-electron chi connectivity index (χ2n) is 9.10. The zero-order valence-corrected chi connectivity index (χ0v) is 22.0. The van der Waals surface area contributed by atoms with Gasteiger partial charge >= 0.3 is 5.97 Å². The normalized spacial score (nSPS) is 15.6. The summed E-state index contributed by atoms with van der Waals surface area (Å²) < 4.78 is 38.3. The number of anilines is 1. The molecule has 0 bridgehead atoms.